The predicted octanol–water partition coefficient (Wildman–Crippen LogP) is 4.22. The fourth-order valence-corrected chi connectivity index (χ4v) is 2.33. The number of halogens is 2. The molecule has 0 aliphatic heterocycles. The van der Waals surface area contributed by atoms with Crippen LogP contribution in [0.25, 0.3) is 0 Å². The molecule has 2 rings (SSSR count). The van der Waals surface area contributed by atoms with Crippen molar-refractivity contribution in [3.8, 4) is 0 Å². The Morgan fingerprint density at radius 1 is 1.29 bits per heavy atom. The van der Waals surface area contributed by atoms with Crippen molar-refractivity contribution in [3.63, 3.8) is 0 Å². The molecule has 0 saturated heterocycles. The monoisotopic (exact) mass is 351 g/mol. The Morgan fingerprint density at radius 2 is 2.05 bits per heavy atom. The number of anilines is 1. The summed E-state index contributed by atoms with van der Waals surface area (Å²) in [6.07, 6.45) is 0. The summed E-state index contributed by atoms with van der Waals surface area (Å²) in [4.78, 5) is 12.0. The van der Waals surface area contributed by atoms with Crippen LogP contribution in [0.15, 0.2) is 46.9 Å². The molecule has 2 aromatic carbocycles. The fourth-order valence-electron chi connectivity index (χ4n) is 1.93. The van der Waals surface area contributed by atoms with Gasteiger partial charge in [0.15, 0.2) is 6.04 Å². The lowest BCUT2D eigenvalue weighted by Gasteiger charge is -2.18. The molecule has 0 saturated carbocycles. The third kappa shape index (κ3) is 3.82. The number of aryl methyl sites for hydroxylation is 1. The van der Waals surface area contributed by atoms with E-state index in [1.54, 1.807) is 19.1 Å². The molecule has 0 fully saturated rings. The molecular weight excluding hydrogens is 337 g/mol. The van der Waals surface area contributed by atoms with Crippen LogP contribution < -0.4 is 5.32 Å². The van der Waals surface area contributed by atoms with Crippen molar-refractivity contribution in [1.82, 2.24) is 0 Å². The molecule has 0 aliphatic rings. The van der Waals surface area contributed by atoms with Crippen LogP contribution in [-0.2, 0) is 9.53 Å². The molecule has 3 nitrogen and oxygen atoms in total. The van der Waals surface area contributed by atoms with Gasteiger partial charge in [0.25, 0.3) is 0 Å². The summed E-state index contributed by atoms with van der Waals surface area (Å²) in [6.45, 7) is 1.67. The van der Waals surface area contributed by atoms with Gasteiger partial charge >= 0.3 is 5.97 Å². The Balaban J connectivity index is 2.34. The van der Waals surface area contributed by atoms with E-state index in [0.717, 1.165) is 10.2 Å². The number of carbonyl (C=O) groups is 1. The quantitative estimate of drug-likeness (QED) is 0.838. The number of hydrogen-bond donors (Lipinski definition) is 1. The fraction of sp³-hybridized carbons (Fsp3) is 0.188. The van der Waals surface area contributed by atoms with E-state index in [4.69, 9.17) is 4.74 Å². The summed E-state index contributed by atoms with van der Waals surface area (Å²) in [5, 5.41) is 3.06. The Kier molecular flexibility index (Phi) is 4.96. The normalized spacial score (nSPS) is 11.8. The molecular formula is C16H15BrFNO2. The first-order valence-electron chi connectivity index (χ1n) is 6.37. The summed E-state index contributed by atoms with van der Waals surface area (Å²) in [6, 6.07) is 11.3. The highest BCUT2D eigenvalue weighted by Gasteiger charge is 2.22. The topological polar surface area (TPSA) is 38.3 Å². The van der Waals surface area contributed by atoms with Crippen LogP contribution in [0.1, 0.15) is 17.2 Å². The van der Waals surface area contributed by atoms with E-state index in [2.05, 4.69) is 21.2 Å². The Labute approximate surface area is 131 Å². The summed E-state index contributed by atoms with van der Waals surface area (Å²) in [5.41, 5.74) is 1.79. The number of hydrogen-bond acceptors (Lipinski definition) is 3. The summed E-state index contributed by atoms with van der Waals surface area (Å²) < 4.78 is 19.4. The Hall–Kier alpha value is -1.88. The van der Waals surface area contributed by atoms with Gasteiger partial charge in [-0.05, 0) is 42.3 Å². The van der Waals surface area contributed by atoms with Crippen molar-refractivity contribution in [3.05, 3.63) is 63.9 Å². The van der Waals surface area contributed by atoms with Gasteiger partial charge in [-0.2, -0.15) is 0 Å². The second-order valence-electron chi connectivity index (χ2n) is 4.62. The molecule has 21 heavy (non-hydrogen) atoms. The number of carbonyl (C=O) groups excluding carboxylic acids is 1. The molecule has 0 aliphatic carbocycles. The van der Waals surface area contributed by atoms with Crippen LogP contribution >= 0.6 is 15.9 Å². The minimum atomic E-state index is -0.764. The van der Waals surface area contributed by atoms with E-state index in [-0.39, 0.29) is 5.82 Å². The van der Waals surface area contributed by atoms with Crippen molar-refractivity contribution in [2.75, 3.05) is 12.4 Å². The first-order chi connectivity index (χ1) is 10.0. The van der Waals surface area contributed by atoms with Crippen LogP contribution in [0.4, 0.5) is 10.1 Å². The molecule has 1 N–H and O–H groups in total. The van der Waals surface area contributed by atoms with Crippen molar-refractivity contribution in [2.24, 2.45) is 0 Å². The van der Waals surface area contributed by atoms with Crippen LogP contribution in [-0.4, -0.2) is 13.1 Å². The van der Waals surface area contributed by atoms with E-state index in [1.165, 1.54) is 13.2 Å². The smallest absolute Gasteiger partial charge is 0.332 e. The van der Waals surface area contributed by atoms with Gasteiger partial charge < -0.3 is 10.1 Å². The molecule has 0 bridgehead atoms. The Bertz CT molecular complexity index is 660. The minimum absolute atomic E-state index is 0.350. The van der Waals surface area contributed by atoms with Gasteiger partial charge in [-0.15, -0.1) is 0 Å². The van der Waals surface area contributed by atoms with Crippen molar-refractivity contribution in [2.45, 2.75) is 13.0 Å². The van der Waals surface area contributed by atoms with Gasteiger partial charge in [0.2, 0.25) is 0 Å². The molecule has 110 valence electrons. The summed E-state index contributed by atoms with van der Waals surface area (Å²) >= 11 is 3.37. The van der Waals surface area contributed by atoms with Gasteiger partial charge in [0, 0.05) is 10.2 Å². The van der Waals surface area contributed by atoms with E-state index >= 15 is 0 Å². The molecule has 0 radical (unpaired) electrons. The van der Waals surface area contributed by atoms with Gasteiger partial charge in [-0.25, -0.2) is 9.18 Å². The Morgan fingerprint density at radius 3 is 2.67 bits per heavy atom. The highest BCUT2D eigenvalue weighted by molar-refractivity contribution is 9.10. The molecule has 0 spiro atoms. The largest absolute Gasteiger partial charge is 0.467 e. The standard InChI is InChI=1S/C16H15BrFNO2/c1-10-6-7-11(8-14(10)18)15(16(20)21-2)19-13-5-3-4-12(17)9-13/h3-9,15,19H,1-2H3. The minimum Gasteiger partial charge on any atom is -0.467 e. The zero-order chi connectivity index (χ0) is 15.4. The maximum atomic E-state index is 13.7. The molecule has 0 amide bonds. The number of methoxy groups -OCH3 is 1. The predicted molar refractivity (Wildman–Crippen MR) is 83.7 cm³/mol. The zero-order valence-electron chi connectivity index (χ0n) is 11.7. The molecule has 0 aromatic heterocycles. The second-order valence-corrected chi connectivity index (χ2v) is 5.54. The van der Waals surface area contributed by atoms with E-state index < -0.39 is 12.0 Å². The average molecular weight is 352 g/mol. The highest BCUT2D eigenvalue weighted by Crippen LogP contribution is 2.24. The molecule has 2 aromatic rings. The van der Waals surface area contributed by atoms with Gasteiger partial charge in [0.1, 0.15) is 5.82 Å². The number of esters is 1. The van der Waals surface area contributed by atoms with Crippen molar-refractivity contribution in [1.29, 1.82) is 0 Å². The van der Waals surface area contributed by atoms with E-state index in [9.17, 15) is 9.18 Å². The van der Waals surface area contributed by atoms with Gasteiger partial charge in [0.05, 0.1) is 7.11 Å². The van der Waals surface area contributed by atoms with Crippen LogP contribution in [0, 0.1) is 12.7 Å². The second kappa shape index (κ2) is 6.72. The average Bonchev–Trinajstić information content (AvgIpc) is 2.47. The lowest BCUT2D eigenvalue weighted by molar-refractivity contribution is -0.141. The van der Waals surface area contributed by atoms with Crippen molar-refractivity contribution >= 4 is 27.6 Å². The first-order valence-corrected chi connectivity index (χ1v) is 7.16. The lowest BCUT2D eigenvalue weighted by Crippen LogP contribution is -2.22. The SMILES string of the molecule is COC(=O)C(Nc1cccc(Br)c1)c1ccc(C)c(F)c1. The summed E-state index contributed by atoms with van der Waals surface area (Å²) in [7, 11) is 1.31. The number of benzene rings is 2. The lowest BCUT2D eigenvalue weighted by atomic mass is 10.0. The molecule has 0 heterocycles. The van der Waals surface area contributed by atoms with Gasteiger partial charge in [-0.1, -0.05) is 34.1 Å². The summed E-state index contributed by atoms with van der Waals surface area (Å²) in [5.74, 6) is -0.823. The van der Waals surface area contributed by atoms with Gasteiger partial charge in [-0.3, -0.25) is 0 Å². The van der Waals surface area contributed by atoms with Crippen LogP contribution in [0.3, 0.4) is 0 Å². The molecule has 5 heteroatoms. The van der Waals surface area contributed by atoms with Crippen LogP contribution in [0.2, 0.25) is 0 Å². The zero-order valence-corrected chi connectivity index (χ0v) is 13.3. The van der Waals surface area contributed by atoms with Crippen LogP contribution in [0.5, 0.6) is 0 Å². The number of rotatable bonds is 4. The van der Waals surface area contributed by atoms with E-state index in [1.807, 2.05) is 24.3 Å². The number of ether oxygens (including phenoxy) is 1. The van der Waals surface area contributed by atoms with Crippen molar-refractivity contribution < 1.29 is 13.9 Å². The molecule has 1 unspecified atom stereocenters. The maximum absolute atomic E-state index is 13.7. The highest BCUT2D eigenvalue weighted by atomic mass is 79.9. The third-order valence-corrected chi connectivity index (χ3v) is 3.59. The van der Waals surface area contributed by atoms with E-state index in [0.29, 0.717) is 11.1 Å². The third-order valence-electron chi connectivity index (χ3n) is 3.10. The molecule has 1 atom stereocenters. The first kappa shape index (κ1) is 15.5. The maximum Gasteiger partial charge on any atom is 0.332 e. The number of nitrogens with one attached hydrogen (secondary N) is 1.